The molecule has 0 saturated carbocycles. The van der Waals surface area contributed by atoms with Gasteiger partial charge in [-0.2, -0.15) is 13.2 Å². The molecule has 7 heteroatoms. The highest BCUT2D eigenvalue weighted by Crippen LogP contribution is 2.40. The van der Waals surface area contributed by atoms with Crippen molar-refractivity contribution >= 4 is 24.6 Å². The smallest absolute Gasteiger partial charge is 0.398 e. The largest absolute Gasteiger partial charge is 0.471 e. The molecule has 1 amide bonds. The van der Waals surface area contributed by atoms with Crippen molar-refractivity contribution in [3.8, 4) is 0 Å². The Balaban J connectivity index is 2.20. The van der Waals surface area contributed by atoms with E-state index < -0.39 is 32.5 Å². The van der Waals surface area contributed by atoms with Gasteiger partial charge in [-0.25, -0.2) is 0 Å². The lowest BCUT2D eigenvalue weighted by Gasteiger charge is -2.46. The zero-order valence-electron chi connectivity index (χ0n) is 19.8. The summed E-state index contributed by atoms with van der Waals surface area (Å²) in [5, 5.41) is 3.76. The lowest BCUT2D eigenvalue weighted by atomic mass is 10.0. The van der Waals surface area contributed by atoms with E-state index >= 15 is 0 Å². The van der Waals surface area contributed by atoms with E-state index in [-0.39, 0.29) is 5.04 Å². The maximum absolute atomic E-state index is 13.1. The summed E-state index contributed by atoms with van der Waals surface area (Å²) in [6, 6.07) is 27.9. The molecule has 0 spiro atoms. The zero-order chi connectivity index (χ0) is 25.0. The Morgan fingerprint density at radius 2 is 1.21 bits per heavy atom. The van der Waals surface area contributed by atoms with Gasteiger partial charge in [-0.3, -0.25) is 4.79 Å². The molecule has 3 nitrogen and oxygen atoms in total. The number of carbonyl (C=O) groups is 1. The summed E-state index contributed by atoms with van der Waals surface area (Å²) in [4.78, 5) is 11.8. The Kier molecular flexibility index (Phi) is 7.68. The van der Waals surface area contributed by atoms with Gasteiger partial charge in [0.1, 0.15) is 0 Å². The first kappa shape index (κ1) is 25.7. The van der Waals surface area contributed by atoms with Crippen LogP contribution in [0, 0.1) is 0 Å². The van der Waals surface area contributed by atoms with Gasteiger partial charge in [0.15, 0.2) is 0 Å². The number of nitrogens with one attached hydrogen (secondary N) is 1. The first-order valence-electron chi connectivity index (χ1n) is 11.2. The molecular weight excluding hydrogens is 455 g/mol. The Labute approximate surface area is 200 Å². The predicted octanol–water partition coefficient (Wildman–Crippen LogP) is 5.37. The topological polar surface area (TPSA) is 38.3 Å². The number of carbonyl (C=O) groups excluding carboxylic acids is 1. The third-order valence-electron chi connectivity index (χ3n) is 5.92. The lowest BCUT2D eigenvalue weighted by molar-refractivity contribution is -0.174. The highest BCUT2D eigenvalue weighted by molar-refractivity contribution is 6.99. The van der Waals surface area contributed by atoms with E-state index in [0.29, 0.717) is 5.56 Å². The van der Waals surface area contributed by atoms with Crippen molar-refractivity contribution in [2.45, 2.75) is 51.1 Å². The highest BCUT2D eigenvalue weighted by atomic mass is 28.4. The van der Waals surface area contributed by atoms with E-state index in [4.69, 9.17) is 4.43 Å². The van der Waals surface area contributed by atoms with E-state index in [0.717, 1.165) is 10.4 Å². The standard InChI is InChI=1S/C27H30F3NO2Si/c1-20(31-25(32)27(28,29)30)24(21-14-8-5-9-15-21)33-34(26(2,3)4,22-16-10-6-11-17-22)23-18-12-7-13-19-23/h5-20,24H,1-4H3,(H,31,32)/t20-,24+/m0/s1. The van der Waals surface area contributed by atoms with Crippen LogP contribution in [0.3, 0.4) is 0 Å². The molecule has 0 fully saturated rings. The van der Waals surface area contributed by atoms with Gasteiger partial charge in [-0.1, -0.05) is 112 Å². The summed E-state index contributed by atoms with van der Waals surface area (Å²) in [5.41, 5.74) is 0.700. The molecule has 0 aliphatic heterocycles. The van der Waals surface area contributed by atoms with Crippen LogP contribution in [0.1, 0.15) is 39.4 Å². The molecular formula is C27H30F3NO2Si. The van der Waals surface area contributed by atoms with Gasteiger partial charge in [0.25, 0.3) is 8.32 Å². The number of hydrogen-bond acceptors (Lipinski definition) is 2. The Bertz CT molecular complexity index is 1030. The monoisotopic (exact) mass is 485 g/mol. The fraction of sp³-hybridized carbons (Fsp3) is 0.296. The molecule has 0 aliphatic rings. The SMILES string of the molecule is C[C@H](NC(=O)C(F)(F)F)[C@@H](O[Si](c1ccccc1)(c1ccccc1)C(C)(C)C)c1ccccc1. The summed E-state index contributed by atoms with van der Waals surface area (Å²) in [7, 11) is -3.09. The number of amides is 1. The van der Waals surface area contributed by atoms with Crippen molar-refractivity contribution in [1.82, 2.24) is 5.32 Å². The van der Waals surface area contributed by atoms with Crippen molar-refractivity contribution in [3.05, 3.63) is 96.6 Å². The number of rotatable bonds is 7. The predicted molar refractivity (Wildman–Crippen MR) is 132 cm³/mol. The van der Waals surface area contributed by atoms with Gasteiger partial charge in [-0.05, 0) is 27.9 Å². The van der Waals surface area contributed by atoms with E-state index in [9.17, 15) is 18.0 Å². The molecule has 0 bridgehead atoms. The molecule has 0 saturated heterocycles. The Morgan fingerprint density at radius 3 is 1.59 bits per heavy atom. The minimum Gasteiger partial charge on any atom is -0.398 e. The summed E-state index contributed by atoms with van der Waals surface area (Å²) in [6.07, 6.45) is -5.79. The van der Waals surface area contributed by atoms with Crippen LogP contribution in [0.2, 0.25) is 5.04 Å². The molecule has 0 heterocycles. The van der Waals surface area contributed by atoms with Crippen molar-refractivity contribution in [2.24, 2.45) is 0 Å². The van der Waals surface area contributed by atoms with Crippen molar-refractivity contribution in [2.75, 3.05) is 0 Å². The van der Waals surface area contributed by atoms with Crippen LogP contribution < -0.4 is 15.7 Å². The summed E-state index contributed by atoms with van der Waals surface area (Å²) >= 11 is 0. The first-order chi connectivity index (χ1) is 16.0. The molecule has 3 aromatic carbocycles. The van der Waals surface area contributed by atoms with E-state index in [2.05, 4.69) is 26.1 Å². The highest BCUT2D eigenvalue weighted by Gasteiger charge is 2.52. The molecule has 0 aliphatic carbocycles. The van der Waals surface area contributed by atoms with Crippen LogP contribution in [-0.4, -0.2) is 26.4 Å². The van der Waals surface area contributed by atoms with Crippen LogP contribution >= 0.6 is 0 Å². The maximum Gasteiger partial charge on any atom is 0.471 e. The van der Waals surface area contributed by atoms with Gasteiger partial charge in [-0.15, -0.1) is 0 Å². The van der Waals surface area contributed by atoms with E-state index in [1.165, 1.54) is 0 Å². The van der Waals surface area contributed by atoms with Gasteiger partial charge < -0.3 is 9.74 Å². The second-order valence-corrected chi connectivity index (χ2v) is 13.6. The van der Waals surface area contributed by atoms with Crippen LogP contribution in [0.5, 0.6) is 0 Å². The van der Waals surface area contributed by atoms with Crippen molar-refractivity contribution in [3.63, 3.8) is 0 Å². The number of alkyl halides is 3. The Morgan fingerprint density at radius 1 is 0.794 bits per heavy atom. The second kappa shape index (κ2) is 10.2. The summed E-state index contributed by atoms with van der Waals surface area (Å²) < 4.78 is 46.4. The average Bonchev–Trinajstić information content (AvgIpc) is 2.80. The number of halogens is 3. The first-order valence-corrected chi connectivity index (χ1v) is 13.1. The van der Waals surface area contributed by atoms with Crippen molar-refractivity contribution in [1.29, 1.82) is 0 Å². The molecule has 0 radical (unpaired) electrons. The fourth-order valence-corrected chi connectivity index (χ4v) is 9.08. The Hall–Kier alpha value is -2.90. The maximum atomic E-state index is 13.1. The fourth-order valence-electron chi connectivity index (χ4n) is 4.35. The normalized spacial score (nSPS) is 14.3. The second-order valence-electron chi connectivity index (χ2n) is 9.37. The third-order valence-corrected chi connectivity index (χ3v) is 10.9. The lowest BCUT2D eigenvalue weighted by Crippen LogP contribution is -2.67. The average molecular weight is 486 g/mol. The summed E-state index contributed by atoms with van der Waals surface area (Å²) in [5.74, 6) is -1.98. The molecule has 2 atom stereocenters. The molecule has 3 rings (SSSR count). The van der Waals surface area contributed by atoms with E-state index in [1.807, 2.05) is 91.0 Å². The quantitative estimate of drug-likeness (QED) is 0.457. The molecule has 34 heavy (non-hydrogen) atoms. The van der Waals surface area contributed by atoms with Gasteiger partial charge in [0.2, 0.25) is 0 Å². The van der Waals surface area contributed by atoms with Crippen molar-refractivity contribution < 1.29 is 22.4 Å². The number of benzene rings is 3. The third kappa shape index (κ3) is 5.42. The molecule has 0 aromatic heterocycles. The molecule has 1 N–H and O–H groups in total. The van der Waals surface area contributed by atoms with E-state index in [1.54, 1.807) is 6.92 Å². The molecule has 180 valence electrons. The minimum atomic E-state index is -4.98. The molecule has 0 unspecified atom stereocenters. The van der Waals surface area contributed by atoms with Gasteiger partial charge in [0.05, 0.1) is 12.1 Å². The van der Waals surface area contributed by atoms with Crippen LogP contribution in [-0.2, 0) is 9.22 Å². The van der Waals surface area contributed by atoms with Gasteiger partial charge in [0, 0.05) is 0 Å². The zero-order valence-corrected chi connectivity index (χ0v) is 20.8. The van der Waals surface area contributed by atoms with Crippen LogP contribution in [0.4, 0.5) is 13.2 Å². The molecule has 3 aromatic rings. The minimum absolute atomic E-state index is 0.378. The van der Waals surface area contributed by atoms with Crippen LogP contribution in [0.15, 0.2) is 91.0 Å². The van der Waals surface area contributed by atoms with Gasteiger partial charge >= 0.3 is 12.1 Å². The number of hydrogen-bond donors (Lipinski definition) is 1. The summed E-state index contributed by atoms with van der Waals surface area (Å²) in [6.45, 7) is 7.85. The van der Waals surface area contributed by atoms with Crippen LogP contribution in [0.25, 0.3) is 0 Å².